The first-order valence-electron chi connectivity index (χ1n) is 7.14. The summed E-state index contributed by atoms with van der Waals surface area (Å²) in [5.41, 5.74) is 1.60. The monoisotopic (exact) mass is 327 g/mol. The van der Waals surface area contributed by atoms with E-state index in [-0.39, 0.29) is 11.9 Å². The lowest BCUT2D eigenvalue weighted by atomic mass is 10.0. The summed E-state index contributed by atoms with van der Waals surface area (Å²) >= 11 is 7.36. The minimum atomic E-state index is -0.224. The van der Waals surface area contributed by atoms with Crippen molar-refractivity contribution in [2.24, 2.45) is 0 Å². The Kier molecular flexibility index (Phi) is 6.08. The zero-order valence-corrected chi connectivity index (χ0v) is 13.8. The Morgan fingerprint density at radius 1 is 1.38 bits per heavy atom. The molecule has 2 aromatic rings. The second-order valence-corrected chi connectivity index (χ2v) is 6.11. The summed E-state index contributed by atoms with van der Waals surface area (Å²) in [7, 11) is 0. The van der Waals surface area contributed by atoms with Crippen LogP contribution in [0.2, 0.25) is 5.02 Å². The highest BCUT2D eigenvalue weighted by molar-refractivity contribution is 7.05. The quantitative estimate of drug-likeness (QED) is 0.829. The Balaban J connectivity index is 2.26. The van der Waals surface area contributed by atoms with Gasteiger partial charge in [0, 0.05) is 11.1 Å². The molecule has 0 radical (unpaired) electrons. The Morgan fingerprint density at radius 3 is 2.90 bits per heavy atom. The molecule has 21 heavy (non-hydrogen) atoms. The maximum absolute atomic E-state index is 14.0. The van der Waals surface area contributed by atoms with Crippen LogP contribution in [0, 0.1) is 5.82 Å². The fourth-order valence-corrected chi connectivity index (χ4v) is 3.23. The molecular weight excluding hydrogens is 309 g/mol. The molecule has 0 aliphatic rings. The van der Waals surface area contributed by atoms with Crippen molar-refractivity contribution in [2.75, 3.05) is 6.54 Å². The molecule has 3 nitrogen and oxygen atoms in total. The minimum absolute atomic E-state index is 0.0212. The highest BCUT2D eigenvalue weighted by Gasteiger charge is 2.20. The van der Waals surface area contributed by atoms with Crippen LogP contribution in [0.4, 0.5) is 4.39 Å². The molecule has 0 saturated carbocycles. The van der Waals surface area contributed by atoms with E-state index in [1.807, 2.05) is 0 Å². The van der Waals surface area contributed by atoms with Crippen LogP contribution in [0.5, 0.6) is 0 Å². The predicted molar refractivity (Wildman–Crippen MR) is 85.4 cm³/mol. The lowest BCUT2D eigenvalue weighted by Gasteiger charge is -2.18. The maximum Gasteiger partial charge on any atom is 0.126 e. The van der Waals surface area contributed by atoms with Crippen molar-refractivity contribution < 1.29 is 4.39 Å². The Labute approximate surface area is 133 Å². The lowest BCUT2D eigenvalue weighted by molar-refractivity contribution is 0.515. The normalized spacial score (nSPS) is 12.6. The van der Waals surface area contributed by atoms with Gasteiger partial charge in [0.2, 0.25) is 0 Å². The Morgan fingerprint density at radius 2 is 2.19 bits per heavy atom. The summed E-state index contributed by atoms with van der Waals surface area (Å²) in [6, 6.07) is 4.70. The third-order valence-electron chi connectivity index (χ3n) is 3.31. The lowest BCUT2D eigenvalue weighted by Crippen LogP contribution is -2.24. The number of benzene rings is 1. The number of rotatable bonds is 7. The number of aromatic nitrogens is 2. The molecule has 1 aromatic heterocycles. The number of halogens is 2. The molecule has 1 atom stereocenters. The summed E-state index contributed by atoms with van der Waals surface area (Å²) in [4.78, 5) is 1.09. The minimum Gasteiger partial charge on any atom is -0.309 e. The standard InChI is InChI=1S/C15H19ClFN3S/c1-3-7-18-14(15-13(4-2)19-20-21-15)9-10-8-11(16)5-6-12(10)17/h5-6,8,14,18H,3-4,7,9H2,1-2H3. The van der Waals surface area contributed by atoms with Gasteiger partial charge >= 0.3 is 0 Å². The van der Waals surface area contributed by atoms with Gasteiger partial charge in [-0.3, -0.25) is 0 Å². The van der Waals surface area contributed by atoms with Gasteiger partial charge in [-0.05, 0) is 61.1 Å². The summed E-state index contributed by atoms with van der Waals surface area (Å²) in [6.07, 6.45) is 2.39. The molecule has 0 bridgehead atoms. The van der Waals surface area contributed by atoms with Crippen molar-refractivity contribution in [1.82, 2.24) is 14.9 Å². The van der Waals surface area contributed by atoms with Crippen LogP contribution in [0.1, 0.15) is 42.4 Å². The molecule has 0 aliphatic heterocycles. The third-order valence-corrected chi connectivity index (χ3v) is 4.42. The van der Waals surface area contributed by atoms with Crippen LogP contribution < -0.4 is 5.32 Å². The van der Waals surface area contributed by atoms with Gasteiger partial charge < -0.3 is 5.32 Å². The molecule has 1 heterocycles. The highest BCUT2D eigenvalue weighted by Crippen LogP contribution is 2.26. The first-order valence-corrected chi connectivity index (χ1v) is 8.29. The molecule has 0 fully saturated rings. The van der Waals surface area contributed by atoms with Crippen molar-refractivity contribution >= 4 is 23.1 Å². The Bertz CT molecular complexity index is 588. The second-order valence-electron chi connectivity index (χ2n) is 4.88. The molecule has 0 saturated heterocycles. The predicted octanol–water partition coefficient (Wildman–Crippen LogP) is 4.18. The van der Waals surface area contributed by atoms with Gasteiger partial charge in [0.15, 0.2) is 0 Å². The first-order chi connectivity index (χ1) is 10.2. The van der Waals surface area contributed by atoms with Crippen LogP contribution in [0.25, 0.3) is 0 Å². The van der Waals surface area contributed by atoms with E-state index in [9.17, 15) is 4.39 Å². The average Bonchev–Trinajstić information content (AvgIpc) is 2.95. The van der Waals surface area contributed by atoms with E-state index in [0.717, 1.165) is 30.0 Å². The summed E-state index contributed by atoms with van der Waals surface area (Å²) in [5, 5.41) is 8.17. The Hall–Kier alpha value is -1.04. The van der Waals surface area contributed by atoms with E-state index >= 15 is 0 Å². The van der Waals surface area contributed by atoms with Gasteiger partial charge in [0.1, 0.15) is 5.82 Å². The first kappa shape index (κ1) is 16.3. The second kappa shape index (κ2) is 7.82. The number of hydrogen-bond acceptors (Lipinski definition) is 4. The van der Waals surface area contributed by atoms with E-state index in [4.69, 9.17) is 11.6 Å². The maximum atomic E-state index is 14.0. The van der Waals surface area contributed by atoms with Gasteiger partial charge in [-0.15, -0.1) is 5.10 Å². The van der Waals surface area contributed by atoms with Crippen LogP contribution in [0.15, 0.2) is 18.2 Å². The number of hydrogen-bond donors (Lipinski definition) is 1. The van der Waals surface area contributed by atoms with Gasteiger partial charge in [-0.2, -0.15) is 0 Å². The fourth-order valence-electron chi connectivity index (χ4n) is 2.22. The van der Waals surface area contributed by atoms with E-state index in [1.165, 1.54) is 17.6 Å². The summed E-state index contributed by atoms with van der Waals surface area (Å²) in [6.45, 7) is 5.03. The molecular formula is C15H19ClFN3S. The topological polar surface area (TPSA) is 37.8 Å². The fraction of sp³-hybridized carbons (Fsp3) is 0.467. The summed E-state index contributed by atoms with van der Waals surface area (Å²) < 4.78 is 18.0. The average molecular weight is 328 g/mol. The van der Waals surface area contributed by atoms with Crippen molar-refractivity contribution in [3.63, 3.8) is 0 Å². The van der Waals surface area contributed by atoms with E-state index < -0.39 is 0 Å². The van der Waals surface area contributed by atoms with Gasteiger partial charge in [0.25, 0.3) is 0 Å². The van der Waals surface area contributed by atoms with Gasteiger partial charge in [-0.25, -0.2) is 4.39 Å². The molecule has 0 spiro atoms. The smallest absolute Gasteiger partial charge is 0.126 e. The number of nitrogens with one attached hydrogen (secondary N) is 1. The molecule has 0 aliphatic carbocycles. The molecule has 1 aromatic carbocycles. The van der Waals surface area contributed by atoms with Gasteiger partial charge in [-0.1, -0.05) is 29.9 Å². The van der Waals surface area contributed by atoms with Crippen LogP contribution in [-0.2, 0) is 12.8 Å². The van der Waals surface area contributed by atoms with E-state index in [1.54, 1.807) is 12.1 Å². The molecule has 0 amide bonds. The van der Waals surface area contributed by atoms with E-state index in [0.29, 0.717) is 17.0 Å². The van der Waals surface area contributed by atoms with Crippen LogP contribution in [-0.4, -0.2) is 16.1 Å². The molecule has 6 heteroatoms. The van der Waals surface area contributed by atoms with Crippen molar-refractivity contribution in [2.45, 2.75) is 39.2 Å². The molecule has 114 valence electrons. The zero-order chi connectivity index (χ0) is 15.2. The van der Waals surface area contributed by atoms with Crippen molar-refractivity contribution in [1.29, 1.82) is 0 Å². The van der Waals surface area contributed by atoms with Crippen LogP contribution in [0.3, 0.4) is 0 Å². The van der Waals surface area contributed by atoms with Crippen molar-refractivity contribution in [3.05, 3.63) is 45.2 Å². The largest absolute Gasteiger partial charge is 0.309 e. The SMILES string of the molecule is CCCNC(Cc1cc(Cl)ccc1F)c1snnc1CC. The summed E-state index contributed by atoms with van der Waals surface area (Å²) in [5.74, 6) is -0.224. The molecule has 2 rings (SSSR count). The zero-order valence-electron chi connectivity index (χ0n) is 12.2. The number of nitrogens with zero attached hydrogens (tertiary/aromatic N) is 2. The van der Waals surface area contributed by atoms with Crippen molar-refractivity contribution in [3.8, 4) is 0 Å². The highest BCUT2D eigenvalue weighted by atomic mass is 35.5. The molecule has 1 unspecified atom stereocenters. The van der Waals surface area contributed by atoms with E-state index in [2.05, 4.69) is 28.8 Å². The number of aryl methyl sites for hydroxylation is 1. The van der Waals surface area contributed by atoms with Crippen LogP contribution >= 0.6 is 23.1 Å². The molecule has 1 N–H and O–H groups in total. The van der Waals surface area contributed by atoms with Gasteiger partial charge in [0.05, 0.1) is 10.6 Å². The third kappa shape index (κ3) is 4.22.